The smallest absolute Gasteiger partial charge is 0.310 e. The first kappa shape index (κ1) is 15.7. The standard InChI is InChI=1S/C19H16N2O3/c1-2-18(23)24-17-9-5-14(6-10-17)19-20-11-15(12-21-19)13-3-7-16(22)8-4-13/h3-12,22H,2H2,1H3. The predicted molar refractivity (Wildman–Crippen MR) is 90.5 cm³/mol. The van der Waals surface area contributed by atoms with Gasteiger partial charge in [-0.05, 0) is 42.0 Å². The van der Waals surface area contributed by atoms with Crippen molar-refractivity contribution in [3.05, 3.63) is 60.9 Å². The summed E-state index contributed by atoms with van der Waals surface area (Å²) in [4.78, 5) is 20.0. The molecule has 0 saturated heterocycles. The molecule has 3 rings (SSSR count). The Morgan fingerprint density at radius 3 is 2.08 bits per heavy atom. The van der Waals surface area contributed by atoms with Gasteiger partial charge in [-0.15, -0.1) is 0 Å². The van der Waals surface area contributed by atoms with Crippen molar-refractivity contribution in [3.8, 4) is 34.0 Å². The average Bonchev–Trinajstić information content (AvgIpc) is 2.63. The van der Waals surface area contributed by atoms with Crippen molar-refractivity contribution in [2.75, 3.05) is 0 Å². The van der Waals surface area contributed by atoms with Crippen LogP contribution in [0, 0.1) is 0 Å². The highest BCUT2D eigenvalue weighted by Crippen LogP contribution is 2.23. The maximum Gasteiger partial charge on any atom is 0.310 e. The highest BCUT2D eigenvalue weighted by Gasteiger charge is 2.05. The van der Waals surface area contributed by atoms with E-state index in [1.807, 2.05) is 24.3 Å². The third-order valence-electron chi connectivity index (χ3n) is 3.49. The van der Waals surface area contributed by atoms with Crippen LogP contribution in [-0.4, -0.2) is 21.0 Å². The Hall–Kier alpha value is -3.21. The van der Waals surface area contributed by atoms with Crippen LogP contribution in [-0.2, 0) is 4.79 Å². The number of carbonyl (C=O) groups excluding carboxylic acids is 1. The van der Waals surface area contributed by atoms with Crippen LogP contribution in [0.25, 0.3) is 22.5 Å². The maximum atomic E-state index is 11.3. The predicted octanol–water partition coefficient (Wildman–Crippen LogP) is 3.83. The van der Waals surface area contributed by atoms with E-state index < -0.39 is 0 Å². The molecule has 3 aromatic rings. The number of benzene rings is 2. The molecule has 0 radical (unpaired) electrons. The summed E-state index contributed by atoms with van der Waals surface area (Å²) in [6.45, 7) is 1.75. The first-order valence-electron chi connectivity index (χ1n) is 7.58. The molecule has 0 aliphatic carbocycles. The molecule has 120 valence electrons. The zero-order valence-corrected chi connectivity index (χ0v) is 13.1. The van der Waals surface area contributed by atoms with Gasteiger partial charge in [-0.1, -0.05) is 19.1 Å². The van der Waals surface area contributed by atoms with Crippen molar-refractivity contribution in [2.45, 2.75) is 13.3 Å². The van der Waals surface area contributed by atoms with Crippen LogP contribution in [0.15, 0.2) is 60.9 Å². The van der Waals surface area contributed by atoms with Crippen molar-refractivity contribution >= 4 is 5.97 Å². The Morgan fingerprint density at radius 1 is 0.917 bits per heavy atom. The lowest BCUT2D eigenvalue weighted by Gasteiger charge is -2.05. The molecule has 0 aliphatic rings. The summed E-state index contributed by atoms with van der Waals surface area (Å²) in [5.41, 5.74) is 2.64. The molecule has 0 unspecified atom stereocenters. The van der Waals surface area contributed by atoms with Gasteiger partial charge in [-0.2, -0.15) is 0 Å². The van der Waals surface area contributed by atoms with Crippen molar-refractivity contribution in [1.29, 1.82) is 0 Å². The second kappa shape index (κ2) is 6.91. The summed E-state index contributed by atoms with van der Waals surface area (Å²) in [7, 11) is 0. The number of nitrogens with zero attached hydrogens (tertiary/aromatic N) is 2. The van der Waals surface area contributed by atoms with Gasteiger partial charge in [0.25, 0.3) is 0 Å². The zero-order valence-electron chi connectivity index (χ0n) is 13.1. The van der Waals surface area contributed by atoms with Crippen LogP contribution in [0.2, 0.25) is 0 Å². The average molecular weight is 320 g/mol. The minimum atomic E-state index is -0.266. The highest BCUT2D eigenvalue weighted by molar-refractivity contribution is 5.72. The summed E-state index contributed by atoms with van der Waals surface area (Å²) in [5.74, 6) is 1.05. The monoisotopic (exact) mass is 320 g/mol. The second-order valence-corrected chi connectivity index (χ2v) is 5.19. The molecule has 0 atom stereocenters. The lowest BCUT2D eigenvalue weighted by molar-refractivity contribution is -0.134. The number of aromatic nitrogens is 2. The molecule has 0 bridgehead atoms. The molecule has 1 N–H and O–H groups in total. The molecule has 24 heavy (non-hydrogen) atoms. The fourth-order valence-electron chi connectivity index (χ4n) is 2.16. The van der Waals surface area contributed by atoms with Crippen molar-refractivity contribution in [2.24, 2.45) is 0 Å². The summed E-state index contributed by atoms with van der Waals surface area (Å²) >= 11 is 0. The molecule has 0 aliphatic heterocycles. The Morgan fingerprint density at radius 2 is 1.50 bits per heavy atom. The number of phenolic OH excluding ortho intramolecular Hbond substituents is 1. The molecule has 5 nitrogen and oxygen atoms in total. The summed E-state index contributed by atoms with van der Waals surface area (Å²) in [6.07, 6.45) is 3.81. The van der Waals surface area contributed by atoms with E-state index in [4.69, 9.17) is 4.74 Å². The van der Waals surface area contributed by atoms with Gasteiger partial charge in [0.05, 0.1) is 0 Å². The number of esters is 1. The Bertz CT molecular complexity index is 826. The van der Waals surface area contributed by atoms with Gasteiger partial charge >= 0.3 is 5.97 Å². The van der Waals surface area contributed by atoms with Gasteiger partial charge in [0.2, 0.25) is 0 Å². The molecule has 5 heteroatoms. The first-order chi connectivity index (χ1) is 11.7. The molecule has 2 aromatic carbocycles. The number of rotatable bonds is 4. The molecular weight excluding hydrogens is 304 g/mol. The zero-order chi connectivity index (χ0) is 16.9. The lowest BCUT2D eigenvalue weighted by Crippen LogP contribution is -2.05. The second-order valence-electron chi connectivity index (χ2n) is 5.19. The maximum absolute atomic E-state index is 11.3. The van der Waals surface area contributed by atoms with E-state index in [0.717, 1.165) is 16.7 Å². The van der Waals surface area contributed by atoms with E-state index in [1.165, 1.54) is 0 Å². The third-order valence-corrected chi connectivity index (χ3v) is 3.49. The largest absolute Gasteiger partial charge is 0.508 e. The van der Waals surface area contributed by atoms with E-state index in [1.54, 1.807) is 43.6 Å². The molecule has 0 fully saturated rings. The van der Waals surface area contributed by atoms with Crippen LogP contribution in [0.1, 0.15) is 13.3 Å². The molecular formula is C19H16N2O3. The van der Waals surface area contributed by atoms with E-state index >= 15 is 0 Å². The molecule has 0 saturated carbocycles. The van der Waals surface area contributed by atoms with Crippen LogP contribution in [0.5, 0.6) is 11.5 Å². The SMILES string of the molecule is CCC(=O)Oc1ccc(-c2ncc(-c3ccc(O)cc3)cn2)cc1. The minimum Gasteiger partial charge on any atom is -0.508 e. The van der Waals surface area contributed by atoms with Crippen LogP contribution >= 0.6 is 0 Å². The van der Waals surface area contributed by atoms with Crippen molar-refractivity contribution < 1.29 is 14.6 Å². The Kier molecular flexibility index (Phi) is 4.52. The fraction of sp³-hybridized carbons (Fsp3) is 0.105. The fourth-order valence-corrected chi connectivity index (χ4v) is 2.16. The molecule has 0 amide bonds. The van der Waals surface area contributed by atoms with Crippen LogP contribution < -0.4 is 4.74 Å². The van der Waals surface area contributed by atoms with Gasteiger partial charge < -0.3 is 9.84 Å². The molecule has 1 aromatic heterocycles. The van der Waals surface area contributed by atoms with E-state index in [2.05, 4.69) is 9.97 Å². The van der Waals surface area contributed by atoms with Gasteiger partial charge in [-0.25, -0.2) is 9.97 Å². The van der Waals surface area contributed by atoms with Crippen molar-refractivity contribution in [1.82, 2.24) is 9.97 Å². The minimum absolute atomic E-state index is 0.222. The summed E-state index contributed by atoms with van der Waals surface area (Å²) in [6, 6.07) is 13.9. The highest BCUT2D eigenvalue weighted by atomic mass is 16.5. The Balaban J connectivity index is 1.78. The van der Waals surface area contributed by atoms with E-state index in [9.17, 15) is 9.90 Å². The van der Waals surface area contributed by atoms with E-state index in [-0.39, 0.29) is 11.7 Å². The molecule has 0 spiro atoms. The molecule has 1 heterocycles. The normalized spacial score (nSPS) is 10.4. The summed E-state index contributed by atoms with van der Waals surface area (Å²) in [5, 5.41) is 9.33. The lowest BCUT2D eigenvalue weighted by atomic mass is 10.1. The van der Waals surface area contributed by atoms with Gasteiger partial charge in [-0.3, -0.25) is 4.79 Å². The number of hydrogen-bond donors (Lipinski definition) is 1. The van der Waals surface area contributed by atoms with Gasteiger partial charge in [0.15, 0.2) is 5.82 Å². The third kappa shape index (κ3) is 3.57. The van der Waals surface area contributed by atoms with Crippen LogP contribution in [0.3, 0.4) is 0 Å². The quantitative estimate of drug-likeness (QED) is 0.584. The van der Waals surface area contributed by atoms with Crippen molar-refractivity contribution in [3.63, 3.8) is 0 Å². The summed E-state index contributed by atoms with van der Waals surface area (Å²) < 4.78 is 5.14. The Labute approximate surface area is 139 Å². The number of carbonyl (C=O) groups is 1. The number of phenols is 1. The van der Waals surface area contributed by atoms with Gasteiger partial charge in [0.1, 0.15) is 11.5 Å². The topological polar surface area (TPSA) is 72.3 Å². The van der Waals surface area contributed by atoms with E-state index in [0.29, 0.717) is 18.0 Å². The van der Waals surface area contributed by atoms with Crippen LogP contribution in [0.4, 0.5) is 0 Å². The number of aromatic hydroxyl groups is 1. The number of hydrogen-bond acceptors (Lipinski definition) is 5. The number of ether oxygens (including phenoxy) is 1. The first-order valence-corrected chi connectivity index (χ1v) is 7.58. The van der Waals surface area contributed by atoms with Gasteiger partial charge in [0, 0.05) is 29.9 Å².